The number of carbonyl (C=O) groups excluding carboxylic acids is 2. The van der Waals surface area contributed by atoms with E-state index < -0.39 is 0 Å². The summed E-state index contributed by atoms with van der Waals surface area (Å²) in [5.41, 5.74) is 1.76. The topological polar surface area (TPSA) is 77.6 Å². The predicted molar refractivity (Wildman–Crippen MR) is 125 cm³/mol. The van der Waals surface area contributed by atoms with Crippen molar-refractivity contribution in [2.75, 3.05) is 39.8 Å². The Labute approximate surface area is 194 Å². The first kappa shape index (κ1) is 23.3. The number of likely N-dealkylation sites (N-methyl/N-ethyl adjacent to an activating group) is 1. The summed E-state index contributed by atoms with van der Waals surface area (Å²) in [5.74, 6) is -0.435. The number of nitrogens with one attached hydrogen (secondary N) is 2. The molecule has 33 heavy (non-hydrogen) atoms. The third-order valence-electron chi connectivity index (χ3n) is 6.48. The van der Waals surface area contributed by atoms with Gasteiger partial charge in [0, 0.05) is 50.0 Å². The van der Waals surface area contributed by atoms with Crippen molar-refractivity contribution < 1.29 is 14.0 Å². The van der Waals surface area contributed by atoms with E-state index in [0.717, 1.165) is 51.9 Å². The van der Waals surface area contributed by atoms with Gasteiger partial charge in [-0.3, -0.25) is 19.5 Å². The van der Waals surface area contributed by atoms with Crippen molar-refractivity contribution in [3.05, 3.63) is 54.0 Å². The van der Waals surface area contributed by atoms with Crippen LogP contribution in [0.15, 0.2) is 42.6 Å². The molecule has 0 radical (unpaired) electrons. The van der Waals surface area contributed by atoms with Gasteiger partial charge in [0.1, 0.15) is 5.82 Å². The lowest BCUT2D eigenvalue weighted by atomic mass is 9.90. The molecule has 1 aromatic carbocycles. The minimum absolute atomic E-state index is 0.0167. The number of pyridine rings is 1. The smallest absolute Gasteiger partial charge is 0.253 e. The second kappa shape index (κ2) is 10.9. The summed E-state index contributed by atoms with van der Waals surface area (Å²) < 4.78 is 13.4. The molecule has 2 aromatic rings. The van der Waals surface area contributed by atoms with Gasteiger partial charge in [-0.25, -0.2) is 4.39 Å². The average Bonchev–Trinajstić information content (AvgIpc) is 2.81. The molecular formula is C25H32FN5O2. The van der Waals surface area contributed by atoms with Gasteiger partial charge in [0.2, 0.25) is 5.91 Å². The minimum atomic E-state index is -0.321. The average molecular weight is 454 g/mol. The third kappa shape index (κ3) is 6.58. The van der Waals surface area contributed by atoms with Crippen LogP contribution in [-0.4, -0.2) is 78.5 Å². The molecule has 1 aliphatic carbocycles. The van der Waals surface area contributed by atoms with Crippen LogP contribution in [0.2, 0.25) is 0 Å². The predicted octanol–water partition coefficient (Wildman–Crippen LogP) is 2.29. The van der Waals surface area contributed by atoms with E-state index in [1.165, 1.54) is 18.3 Å². The maximum absolute atomic E-state index is 13.4. The van der Waals surface area contributed by atoms with Gasteiger partial charge in [-0.05, 0) is 57.0 Å². The van der Waals surface area contributed by atoms with E-state index in [1.54, 1.807) is 24.3 Å². The maximum Gasteiger partial charge on any atom is 0.253 e. The molecule has 1 saturated heterocycles. The Morgan fingerprint density at radius 1 is 1.06 bits per heavy atom. The van der Waals surface area contributed by atoms with Gasteiger partial charge in [0.15, 0.2) is 0 Å². The molecule has 2 N–H and O–H groups in total. The standard InChI is InChI=1S/C25H32FN5O2/c1-30-10-12-31(13-11-30)17-24(32)28-21-6-3-7-22(15-21)29-25(33)19-8-9-23(27-16-19)18-4-2-5-20(26)14-18/h2,4-5,8-9,14,16,21-22H,3,6-7,10-13,15,17H2,1H3,(H,28,32)(H,29,33)/t21-,22-/m0/s1. The van der Waals surface area contributed by atoms with E-state index in [1.807, 2.05) is 0 Å². The highest BCUT2D eigenvalue weighted by molar-refractivity contribution is 5.94. The van der Waals surface area contributed by atoms with Crippen LogP contribution in [0, 0.1) is 5.82 Å². The van der Waals surface area contributed by atoms with E-state index in [2.05, 4.69) is 32.5 Å². The number of rotatable bonds is 6. The third-order valence-corrected chi connectivity index (χ3v) is 6.48. The van der Waals surface area contributed by atoms with Crippen molar-refractivity contribution in [2.45, 2.75) is 37.8 Å². The molecule has 7 nitrogen and oxygen atoms in total. The molecule has 1 aromatic heterocycles. The molecule has 1 saturated carbocycles. The first-order valence-electron chi connectivity index (χ1n) is 11.7. The summed E-state index contributed by atoms with van der Waals surface area (Å²) in [4.78, 5) is 34.0. The number of aromatic nitrogens is 1. The largest absolute Gasteiger partial charge is 0.352 e. The molecule has 2 fully saturated rings. The van der Waals surface area contributed by atoms with Crippen LogP contribution in [0.1, 0.15) is 36.0 Å². The van der Waals surface area contributed by atoms with Crippen LogP contribution < -0.4 is 10.6 Å². The van der Waals surface area contributed by atoms with Gasteiger partial charge in [0.05, 0.1) is 17.8 Å². The van der Waals surface area contributed by atoms with Gasteiger partial charge in [0.25, 0.3) is 5.91 Å². The Kier molecular flexibility index (Phi) is 7.67. The number of nitrogens with zero attached hydrogens (tertiary/aromatic N) is 3. The molecule has 2 aliphatic rings. The first-order chi connectivity index (χ1) is 16.0. The lowest BCUT2D eigenvalue weighted by molar-refractivity contribution is -0.123. The highest BCUT2D eigenvalue weighted by atomic mass is 19.1. The van der Waals surface area contributed by atoms with E-state index in [9.17, 15) is 14.0 Å². The molecule has 2 atom stereocenters. The van der Waals surface area contributed by atoms with Crippen LogP contribution in [0.5, 0.6) is 0 Å². The van der Waals surface area contributed by atoms with Crippen molar-refractivity contribution >= 4 is 11.8 Å². The van der Waals surface area contributed by atoms with Crippen molar-refractivity contribution in [1.82, 2.24) is 25.4 Å². The number of carbonyl (C=O) groups is 2. The van der Waals surface area contributed by atoms with Crippen molar-refractivity contribution in [3.63, 3.8) is 0 Å². The number of piperazine rings is 1. The molecular weight excluding hydrogens is 421 g/mol. The van der Waals surface area contributed by atoms with Crippen LogP contribution in [-0.2, 0) is 4.79 Å². The molecule has 176 valence electrons. The zero-order valence-corrected chi connectivity index (χ0v) is 19.1. The quantitative estimate of drug-likeness (QED) is 0.702. The number of halogens is 1. The lowest BCUT2D eigenvalue weighted by Crippen LogP contribution is -2.51. The summed E-state index contributed by atoms with van der Waals surface area (Å²) in [7, 11) is 2.10. The van der Waals surface area contributed by atoms with Crippen molar-refractivity contribution in [3.8, 4) is 11.3 Å². The van der Waals surface area contributed by atoms with Crippen LogP contribution >= 0.6 is 0 Å². The molecule has 1 aliphatic heterocycles. The summed E-state index contributed by atoms with van der Waals surface area (Å²) >= 11 is 0. The van der Waals surface area contributed by atoms with Crippen LogP contribution in [0.3, 0.4) is 0 Å². The van der Waals surface area contributed by atoms with E-state index in [4.69, 9.17) is 0 Å². The second-order valence-electron chi connectivity index (χ2n) is 9.12. The lowest BCUT2D eigenvalue weighted by Gasteiger charge is -2.33. The Bertz CT molecular complexity index is 960. The normalized spacial score (nSPS) is 22.0. The molecule has 2 heterocycles. The van der Waals surface area contributed by atoms with Crippen LogP contribution in [0.4, 0.5) is 4.39 Å². The minimum Gasteiger partial charge on any atom is -0.352 e. The Hall–Kier alpha value is -2.84. The molecule has 2 amide bonds. The highest BCUT2D eigenvalue weighted by Gasteiger charge is 2.26. The zero-order valence-electron chi connectivity index (χ0n) is 19.1. The Morgan fingerprint density at radius 3 is 2.52 bits per heavy atom. The first-order valence-corrected chi connectivity index (χ1v) is 11.7. The fourth-order valence-electron chi connectivity index (χ4n) is 4.55. The summed E-state index contributed by atoms with van der Waals surface area (Å²) in [5, 5.41) is 6.25. The van der Waals surface area contributed by atoms with E-state index in [0.29, 0.717) is 23.4 Å². The Balaban J connectivity index is 1.26. The summed E-state index contributed by atoms with van der Waals surface area (Å²) in [6.45, 7) is 4.25. The number of hydrogen-bond donors (Lipinski definition) is 2. The van der Waals surface area contributed by atoms with Gasteiger partial charge >= 0.3 is 0 Å². The molecule has 0 spiro atoms. The van der Waals surface area contributed by atoms with Crippen molar-refractivity contribution in [2.24, 2.45) is 0 Å². The fraction of sp³-hybridized carbons (Fsp3) is 0.480. The highest BCUT2D eigenvalue weighted by Crippen LogP contribution is 2.20. The molecule has 4 rings (SSSR count). The number of benzene rings is 1. The zero-order chi connectivity index (χ0) is 23.2. The molecule has 8 heteroatoms. The monoisotopic (exact) mass is 453 g/mol. The molecule has 0 bridgehead atoms. The maximum atomic E-state index is 13.4. The van der Waals surface area contributed by atoms with E-state index >= 15 is 0 Å². The van der Waals surface area contributed by atoms with Crippen molar-refractivity contribution in [1.29, 1.82) is 0 Å². The van der Waals surface area contributed by atoms with Gasteiger partial charge in [-0.1, -0.05) is 12.1 Å². The number of amides is 2. The summed E-state index contributed by atoms with van der Waals surface area (Å²) in [6, 6.07) is 9.76. The van der Waals surface area contributed by atoms with Crippen LogP contribution in [0.25, 0.3) is 11.3 Å². The Morgan fingerprint density at radius 2 is 1.82 bits per heavy atom. The van der Waals surface area contributed by atoms with Gasteiger partial charge in [-0.2, -0.15) is 0 Å². The van der Waals surface area contributed by atoms with Gasteiger partial charge in [-0.15, -0.1) is 0 Å². The second-order valence-corrected chi connectivity index (χ2v) is 9.12. The summed E-state index contributed by atoms with van der Waals surface area (Å²) in [6.07, 6.45) is 5.04. The molecule has 0 unspecified atom stereocenters. The number of hydrogen-bond acceptors (Lipinski definition) is 5. The van der Waals surface area contributed by atoms with E-state index in [-0.39, 0.29) is 29.7 Å². The SMILES string of the molecule is CN1CCN(CC(=O)N[C@H]2CCC[C@H](NC(=O)c3ccc(-c4cccc(F)c4)nc3)C2)CC1. The van der Waals surface area contributed by atoms with Gasteiger partial charge < -0.3 is 15.5 Å². The fourth-order valence-corrected chi connectivity index (χ4v) is 4.55.